The van der Waals surface area contributed by atoms with Crippen LogP contribution >= 0.6 is 15.9 Å². The predicted octanol–water partition coefficient (Wildman–Crippen LogP) is 2.23. The maximum atomic E-state index is 8.86. The Hall–Kier alpha value is -0.850. The van der Waals surface area contributed by atoms with E-state index in [0.717, 1.165) is 10.0 Å². The molecule has 0 saturated heterocycles. The zero-order valence-corrected chi connectivity index (χ0v) is 8.58. The quantitative estimate of drug-likeness (QED) is 0.859. The summed E-state index contributed by atoms with van der Waals surface area (Å²) in [7, 11) is 0. The van der Waals surface area contributed by atoms with Crippen LogP contribution in [0.4, 0.5) is 0 Å². The van der Waals surface area contributed by atoms with E-state index in [2.05, 4.69) is 22.9 Å². The molecule has 67 valence electrons. The van der Waals surface area contributed by atoms with Crippen molar-refractivity contribution in [2.45, 2.75) is 5.92 Å². The maximum absolute atomic E-state index is 8.86. The van der Waals surface area contributed by atoms with Gasteiger partial charge in [-0.05, 0) is 40.5 Å². The van der Waals surface area contributed by atoms with E-state index in [9.17, 15) is 0 Å². The molecule has 1 unspecified atom stereocenters. The van der Waals surface area contributed by atoms with Gasteiger partial charge in [-0.3, -0.25) is 0 Å². The standard InChI is InChI=1S/C10H9BrNO/c1-7(6-13)8-2-3-9(5-12)10(11)4-8/h2-4,7,13H,1,6H2. The summed E-state index contributed by atoms with van der Waals surface area (Å²) in [6.45, 7) is 3.78. The molecule has 1 aromatic carbocycles. The minimum Gasteiger partial charge on any atom is -0.396 e. The number of hydrogen-bond acceptors (Lipinski definition) is 2. The molecule has 3 heteroatoms. The van der Waals surface area contributed by atoms with E-state index in [-0.39, 0.29) is 12.5 Å². The van der Waals surface area contributed by atoms with Gasteiger partial charge >= 0.3 is 0 Å². The smallest absolute Gasteiger partial charge is 0.100 e. The van der Waals surface area contributed by atoms with Crippen LogP contribution < -0.4 is 0 Å². The van der Waals surface area contributed by atoms with Crippen molar-refractivity contribution >= 4 is 15.9 Å². The van der Waals surface area contributed by atoms with Crippen molar-refractivity contribution in [2.24, 2.45) is 0 Å². The van der Waals surface area contributed by atoms with Crippen LogP contribution in [0, 0.1) is 18.3 Å². The molecule has 0 saturated carbocycles. The van der Waals surface area contributed by atoms with Gasteiger partial charge in [0.2, 0.25) is 0 Å². The van der Waals surface area contributed by atoms with Crippen molar-refractivity contribution in [1.29, 1.82) is 5.26 Å². The van der Waals surface area contributed by atoms with Crippen molar-refractivity contribution in [1.82, 2.24) is 0 Å². The molecule has 1 N–H and O–H groups in total. The molecular weight excluding hydrogens is 230 g/mol. The molecule has 1 atom stereocenters. The zero-order valence-electron chi connectivity index (χ0n) is 7.00. The van der Waals surface area contributed by atoms with Gasteiger partial charge in [-0.2, -0.15) is 5.26 Å². The summed E-state index contributed by atoms with van der Waals surface area (Å²) in [5.74, 6) is -0.135. The summed E-state index contributed by atoms with van der Waals surface area (Å²) in [6.07, 6.45) is 0. The normalized spacial score (nSPS) is 12.2. The van der Waals surface area contributed by atoms with Crippen LogP contribution in [0.5, 0.6) is 0 Å². The van der Waals surface area contributed by atoms with E-state index < -0.39 is 0 Å². The Morgan fingerprint density at radius 2 is 2.31 bits per heavy atom. The number of nitrogens with zero attached hydrogens (tertiary/aromatic N) is 1. The summed E-state index contributed by atoms with van der Waals surface area (Å²) in [6, 6.07) is 7.38. The Morgan fingerprint density at radius 1 is 1.62 bits per heavy atom. The van der Waals surface area contributed by atoms with Gasteiger partial charge < -0.3 is 5.11 Å². The minimum absolute atomic E-state index is 0.0122. The molecule has 0 fully saturated rings. The molecule has 1 rings (SSSR count). The molecule has 0 bridgehead atoms. The second-order valence-electron chi connectivity index (χ2n) is 2.73. The molecule has 1 aromatic rings. The summed E-state index contributed by atoms with van der Waals surface area (Å²) >= 11 is 3.27. The van der Waals surface area contributed by atoms with Gasteiger partial charge in [0.15, 0.2) is 0 Å². The predicted molar refractivity (Wildman–Crippen MR) is 54.0 cm³/mol. The van der Waals surface area contributed by atoms with Crippen LogP contribution in [0.1, 0.15) is 17.0 Å². The average molecular weight is 239 g/mol. The fraction of sp³-hybridized carbons (Fsp3) is 0.200. The molecule has 0 aliphatic heterocycles. The molecule has 0 aromatic heterocycles. The average Bonchev–Trinajstić information content (AvgIpc) is 2.16. The van der Waals surface area contributed by atoms with Crippen molar-refractivity contribution < 1.29 is 5.11 Å². The van der Waals surface area contributed by atoms with E-state index >= 15 is 0 Å². The van der Waals surface area contributed by atoms with Gasteiger partial charge in [0.25, 0.3) is 0 Å². The van der Waals surface area contributed by atoms with Crippen LogP contribution in [0.3, 0.4) is 0 Å². The molecule has 0 aliphatic carbocycles. The molecule has 13 heavy (non-hydrogen) atoms. The number of halogens is 1. The molecule has 2 nitrogen and oxygen atoms in total. The lowest BCUT2D eigenvalue weighted by molar-refractivity contribution is 0.282. The molecule has 0 spiro atoms. The summed E-state index contributed by atoms with van der Waals surface area (Å²) in [4.78, 5) is 0. The van der Waals surface area contributed by atoms with Crippen LogP contribution in [0.15, 0.2) is 22.7 Å². The van der Waals surface area contributed by atoms with Crippen LogP contribution in [-0.4, -0.2) is 11.7 Å². The van der Waals surface area contributed by atoms with Gasteiger partial charge in [-0.1, -0.05) is 6.07 Å². The van der Waals surface area contributed by atoms with E-state index in [1.54, 1.807) is 12.1 Å². The number of rotatable bonds is 2. The lowest BCUT2D eigenvalue weighted by Gasteiger charge is -2.08. The SMILES string of the molecule is [CH2]C(CO)c1ccc(C#N)c(Br)c1. The number of aliphatic hydroxyl groups excluding tert-OH is 1. The topological polar surface area (TPSA) is 44.0 Å². The fourth-order valence-corrected chi connectivity index (χ4v) is 1.47. The van der Waals surface area contributed by atoms with Crippen molar-refractivity contribution in [3.8, 4) is 6.07 Å². The first kappa shape index (κ1) is 10.2. The third-order valence-corrected chi connectivity index (χ3v) is 2.46. The molecule has 1 radical (unpaired) electrons. The Morgan fingerprint density at radius 3 is 2.77 bits per heavy atom. The highest BCUT2D eigenvalue weighted by Gasteiger charge is 2.06. The van der Waals surface area contributed by atoms with Gasteiger partial charge in [0.05, 0.1) is 5.56 Å². The summed E-state index contributed by atoms with van der Waals surface area (Å²) in [5.41, 5.74) is 1.52. The lowest BCUT2D eigenvalue weighted by Crippen LogP contribution is -1.99. The Bertz CT molecular complexity index is 343. The lowest BCUT2D eigenvalue weighted by atomic mass is 10.0. The van der Waals surface area contributed by atoms with Gasteiger partial charge in [0, 0.05) is 17.0 Å². The number of benzene rings is 1. The van der Waals surface area contributed by atoms with E-state index in [4.69, 9.17) is 10.4 Å². The van der Waals surface area contributed by atoms with Gasteiger partial charge in [0.1, 0.15) is 6.07 Å². The van der Waals surface area contributed by atoms with Crippen LogP contribution in [-0.2, 0) is 0 Å². The zero-order chi connectivity index (χ0) is 9.84. The van der Waals surface area contributed by atoms with Crippen molar-refractivity contribution in [2.75, 3.05) is 6.61 Å². The summed E-state index contributed by atoms with van der Waals surface area (Å²) < 4.78 is 0.745. The number of aliphatic hydroxyl groups is 1. The fourth-order valence-electron chi connectivity index (χ4n) is 0.981. The van der Waals surface area contributed by atoms with Crippen LogP contribution in [0.2, 0.25) is 0 Å². The maximum Gasteiger partial charge on any atom is 0.100 e. The highest BCUT2D eigenvalue weighted by molar-refractivity contribution is 9.10. The second-order valence-corrected chi connectivity index (χ2v) is 3.58. The Labute approximate surface area is 85.9 Å². The van der Waals surface area contributed by atoms with E-state index in [0.29, 0.717) is 5.56 Å². The second kappa shape index (κ2) is 4.40. The van der Waals surface area contributed by atoms with Crippen molar-refractivity contribution in [3.63, 3.8) is 0 Å². The number of hydrogen-bond donors (Lipinski definition) is 1. The van der Waals surface area contributed by atoms with Gasteiger partial charge in [-0.15, -0.1) is 0 Å². The molecule has 0 aliphatic rings. The Balaban J connectivity index is 3.04. The molecule has 0 heterocycles. The number of nitriles is 1. The van der Waals surface area contributed by atoms with Gasteiger partial charge in [-0.25, -0.2) is 0 Å². The largest absolute Gasteiger partial charge is 0.396 e. The first-order chi connectivity index (χ1) is 6.19. The highest BCUT2D eigenvalue weighted by Crippen LogP contribution is 2.22. The molecular formula is C10H9BrNO. The van der Waals surface area contributed by atoms with Crippen molar-refractivity contribution in [3.05, 3.63) is 40.7 Å². The van der Waals surface area contributed by atoms with E-state index in [1.165, 1.54) is 0 Å². The van der Waals surface area contributed by atoms with Crippen LogP contribution in [0.25, 0.3) is 0 Å². The summed E-state index contributed by atoms with van der Waals surface area (Å²) in [5, 5.41) is 17.5. The first-order valence-corrected chi connectivity index (χ1v) is 4.62. The third kappa shape index (κ3) is 2.30. The van der Waals surface area contributed by atoms with E-state index in [1.807, 2.05) is 12.1 Å². The monoisotopic (exact) mass is 238 g/mol. The molecule has 0 amide bonds. The Kier molecular flexibility index (Phi) is 3.47. The first-order valence-electron chi connectivity index (χ1n) is 3.82. The third-order valence-electron chi connectivity index (χ3n) is 1.81. The highest BCUT2D eigenvalue weighted by atomic mass is 79.9. The minimum atomic E-state index is -0.135.